The molecule has 8 unspecified atom stereocenters. The Morgan fingerprint density at radius 2 is 0.574 bits per heavy atom. The van der Waals surface area contributed by atoms with Gasteiger partial charge in [0, 0.05) is 96.5 Å². The summed E-state index contributed by atoms with van der Waals surface area (Å²) in [4.78, 5) is 128. The number of carbonyl (C=O) groups excluding carboxylic acids is 11. The molecule has 16 bridgehead atoms. The predicted molar refractivity (Wildman–Crippen MR) is 542 cm³/mol. The molecule has 16 aliphatic carbocycles. The smallest absolute Gasteiger partial charge is 1.00 e. The number of esters is 4. The SMILES string of the molecule is C.CC(F)(F)C(=O)OC12CC3CC(C1)C(=O)C(C3)C2.CC(F)(F)C(=O)OC12CC3CC(C1)C(=O)C(C3)C2.CC(F)(F)C(=O)OC12CC3CC(C1)C1(SCCS1)C(C3)C2.O=C(C[S+]1CCCC1)c1ccccc1.O=C(C[S+]1CCCC1)c1ccccc1.O=C(C[S+]1CCCC1)c1ccccc1.O=C(C[S+]1CCCC1)c1ccccc1.O=C(OC12CC3CC(C1)C(=O)C(C3)C2)[C-](F)F.O=S(=O)=O.SCCS.[Br-].[Na+]. The van der Waals surface area contributed by atoms with Gasteiger partial charge in [-0.15, -0.1) is 36.2 Å². The molecule has 4 aromatic carbocycles. The first-order valence-electron chi connectivity index (χ1n) is 48.5. The summed E-state index contributed by atoms with van der Waals surface area (Å²) < 4.78 is 149. The Bertz CT molecular complexity index is 4530. The molecule has 21 aliphatic rings. The van der Waals surface area contributed by atoms with Gasteiger partial charge in [0.25, 0.3) is 0 Å². The monoisotopic (exact) mass is 2210 g/mol. The molecule has 18 nitrogen and oxygen atoms in total. The van der Waals surface area contributed by atoms with Crippen molar-refractivity contribution < 1.29 is 166 Å². The zero-order valence-corrected chi connectivity index (χ0v) is 91.2. The van der Waals surface area contributed by atoms with Gasteiger partial charge in [0.05, 0.1) is 4.08 Å². The van der Waals surface area contributed by atoms with E-state index in [1.165, 1.54) is 122 Å². The number of hydrogen-bond acceptors (Lipinski definition) is 22. The Balaban J connectivity index is 0.000000178. The number of rotatable bonds is 21. The van der Waals surface area contributed by atoms with E-state index in [4.69, 9.17) is 31.6 Å². The van der Waals surface area contributed by atoms with Crippen molar-refractivity contribution in [3.63, 3.8) is 0 Å². The Morgan fingerprint density at radius 3 is 0.780 bits per heavy atom. The average molecular weight is 2220 g/mol. The van der Waals surface area contributed by atoms with Crippen molar-refractivity contribution in [3.8, 4) is 0 Å². The van der Waals surface area contributed by atoms with Crippen molar-refractivity contribution in [1.29, 1.82) is 0 Å². The third-order valence-electron chi connectivity index (χ3n) is 29.6. The minimum Gasteiger partial charge on any atom is -1.00 e. The molecule has 25 rings (SSSR count). The van der Waals surface area contributed by atoms with Crippen LogP contribution in [0.1, 0.15) is 249 Å². The van der Waals surface area contributed by atoms with Gasteiger partial charge < -0.3 is 44.7 Å². The molecule has 5 aliphatic heterocycles. The maximum atomic E-state index is 13.2. The standard InChI is InChI=1S/C15H20F2O2S2.2C13H16F2O3.C12H13F2O3.4C12H15OS.C2H6S2.CH4.BrH.Na.O3S/c1-13(16,17)12(18)19-14-6-9-4-10(7-14)15(11(5-9)8-14)20-2-3-21-15;2*1-12(14,15)11(17)18-13-4-7-2-8(5-13)10(16)9(3-7)6-13;13-10(14)11(16)17-12-3-6-1-7(4-12)9(15)8(2-6)5-12;4*13-12(10-14-8-4-5-9-14)11-6-2-1-3-7-11;3-1-2-4;;;;1-4(2)3/h9-11H,2-8H2,1H3;2*7-9H,2-6H2,1H3;6-8H,1-5H2;4*1-3,6-7H,4-5,8-10H2;3-4H,1-2H2;1H4;1H;;/q;;;-1;4*+1;;;;+1;/p-1. The van der Waals surface area contributed by atoms with Gasteiger partial charge in [0.1, 0.15) is 85.8 Å². The molecule has 8 atom stereocenters. The summed E-state index contributed by atoms with van der Waals surface area (Å²) in [5, 5.41) is 0. The number of hydrogen-bond donors (Lipinski definition) is 2. The van der Waals surface area contributed by atoms with Crippen LogP contribution in [-0.2, 0) is 107 Å². The molecule has 5 saturated heterocycles. The molecule has 0 radical (unpaired) electrons. The zero-order chi connectivity index (χ0) is 99.6. The van der Waals surface area contributed by atoms with Gasteiger partial charge in [0.15, 0.2) is 23.0 Å². The second-order valence-corrected chi connectivity index (χ2v) is 54.1. The second-order valence-electron chi connectivity index (χ2n) is 40.5. The Hall–Kier alpha value is -4.34. The quantitative estimate of drug-likeness (QED) is 0.0115. The van der Waals surface area contributed by atoms with Crippen molar-refractivity contribution >= 4 is 167 Å². The number of thiol groups is 2. The van der Waals surface area contributed by atoms with E-state index in [2.05, 4.69) is 48.8 Å². The summed E-state index contributed by atoms with van der Waals surface area (Å²) in [6, 6.07) is 38.6. The van der Waals surface area contributed by atoms with E-state index in [1.54, 1.807) is 0 Å². The number of halogens is 9. The summed E-state index contributed by atoms with van der Waals surface area (Å²) in [7, 11) is -1.54. The summed E-state index contributed by atoms with van der Waals surface area (Å²) in [6.45, 7) is 1.75. The third-order valence-corrected chi connectivity index (χ3v) is 44.0. The predicted octanol–water partition coefficient (Wildman–Crippen LogP) is 14.3. The normalized spacial score (nSPS) is 29.6. The number of alkyl halides is 6. The maximum Gasteiger partial charge on any atom is 1.00 e. The molecular formula is C104H135BrF8NaO18S9+3. The first kappa shape index (κ1) is 120. The second kappa shape index (κ2) is 54.4. The van der Waals surface area contributed by atoms with Crippen LogP contribution in [0.5, 0.6) is 0 Å². The van der Waals surface area contributed by atoms with E-state index in [1.807, 2.05) is 121 Å². The number of Topliss-reactive ketones (excluding diaryl/α,β-unsaturated/α-hetero) is 7. The Morgan fingerprint density at radius 1 is 0.369 bits per heavy atom. The van der Waals surface area contributed by atoms with Gasteiger partial charge >= 0.3 is 75.8 Å². The number of ketones is 7. The Kier molecular flexibility index (Phi) is 46.4. The largest absolute Gasteiger partial charge is 1.00 e. The van der Waals surface area contributed by atoms with E-state index >= 15 is 0 Å². The van der Waals surface area contributed by atoms with E-state index < -0.39 is 81.1 Å². The van der Waals surface area contributed by atoms with Crippen LogP contribution in [0.3, 0.4) is 0 Å². The number of carbonyl (C=O) groups is 11. The van der Waals surface area contributed by atoms with E-state index in [-0.39, 0.29) is 107 Å². The van der Waals surface area contributed by atoms with E-state index in [9.17, 15) is 87.9 Å². The molecule has 4 aromatic rings. The van der Waals surface area contributed by atoms with Crippen LogP contribution in [0.25, 0.3) is 0 Å². The van der Waals surface area contributed by atoms with E-state index in [0.29, 0.717) is 185 Å². The van der Waals surface area contributed by atoms with Gasteiger partial charge in [0.2, 0.25) is 29.1 Å². The third kappa shape index (κ3) is 33.8. The molecule has 0 aromatic heterocycles. The van der Waals surface area contributed by atoms with Crippen LogP contribution >= 0.6 is 48.8 Å². The molecule has 21 fully saturated rings. The van der Waals surface area contributed by atoms with Gasteiger partial charge in [-0.1, -0.05) is 129 Å². The molecule has 1 spiro atoms. The van der Waals surface area contributed by atoms with Crippen molar-refractivity contribution in [2.45, 2.75) is 252 Å². The van der Waals surface area contributed by atoms with Gasteiger partial charge in [-0.2, -0.15) is 51.6 Å². The fourth-order valence-electron chi connectivity index (χ4n) is 24.4. The van der Waals surface area contributed by atoms with Crippen LogP contribution in [0.15, 0.2) is 121 Å². The van der Waals surface area contributed by atoms with Crippen LogP contribution < -0.4 is 46.5 Å². The summed E-state index contributed by atoms with van der Waals surface area (Å²) in [5.41, 5.74) is 0.562. The average Bonchev–Trinajstić information content (AvgIpc) is 1.69. The molecule has 0 N–H and O–H groups in total. The fourth-order valence-corrected chi connectivity index (χ4v) is 37.2. The van der Waals surface area contributed by atoms with Gasteiger partial charge in [-0.25, -0.2) is 14.4 Å². The zero-order valence-electron chi connectivity index (χ0n) is 80.1. The molecule has 774 valence electrons. The summed E-state index contributed by atoms with van der Waals surface area (Å²) in [6.07, 6.45) is 22.7. The maximum absolute atomic E-state index is 13.2. The number of benzene rings is 4. The molecule has 141 heavy (non-hydrogen) atoms. The van der Waals surface area contributed by atoms with Crippen LogP contribution in [0, 0.1) is 77.4 Å². The van der Waals surface area contributed by atoms with Crippen LogP contribution in [0.2, 0.25) is 0 Å². The summed E-state index contributed by atoms with van der Waals surface area (Å²) >= 11 is 11.8. The summed E-state index contributed by atoms with van der Waals surface area (Å²) in [5.74, 6) is 5.79. The molecule has 16 saturated carbocycles. The minimum absolute atomic E-state index is 0. The van der Waals surface area contributed by atoms with Crippen molar-refractivity contribution in [2.75, 3.05) is 92.0 Å². The number of thioether (sulfide) groups is 2. The van der Waals surface area contributed by atoms with Crippen LogP contribution in [0.4, 0.5) is 35.1 Å². The first-order chi connectivity index (χ1) is 65.5. The molecular weight excluding hydrogens is 2080 g/mol. The van der Waals surface area contributed by atoms with Gasteiger partial charge in [-0.05, 0) is 270 Å². The van der Waals surface area contributed by atoms with Crippen molar-refractivity contribution in [3.05, 3.63) is 150 Å². The Labute approximate surface area is 890 Å². The van der Waals surface area contributed by atoms with E-state index in [0.717, 1.165) is 115 Å². The van der Waals surface area contributed by atoms with Crippen molar-refractivity contribution in [2.24, 2.45) is 71.0 Å². The number of ether oxygens (including phenoxy) is 4. The minimum atomic E-state index is -3.45. The topological polar surface area (TPSA) is 276 Å². The van der Waals surface area contributed by atoms with Crippen LogP contribution in [-0.4, -0.2) is 213 Å². The van der Waals surface area contributed by atoms with Gasteiger partial charge in [-0.3, -0.25) is 38.4 Å². The first-order valence-corrected chi connectivity index (χ1v) is 59.7. The molecule has 5 heterocycles. The fraction of sp³-hybridized carbons (Fsp3) is 0.654. The molecule has 37 heteroatoms. The van der Waals surface area contributed by atoms with Crippen molar-refractivity contribution in [1.82, 2.24) is 0 Å². The molecule has 0 amide bonds.